The second-order valence-electron chi connectivity index (χ2n) is 3.14. The third-order valence-corrected chi connectivity index (χ3v) is 3.01. The lowest BCUT2D eigenvalue weighted by Crippen LogP contribution is -2.30. The Morgan fingerprint density at radius 3 is 2.44 bits per heavy atom. The predicted molar refractivity (Wildman–Crippen MR) is 63.5 cm³/mol. The van der Waals surface area contributed by atoms with E-state index in [2.05, 4.69) is 4.98 Å². The van der Waals surface area contributed by atoms with Gasteiger partial charge in [0.1, 0.15) is 0 Å². The van der Waals surface area contributed by atoms with Crippen LogP contribution in [0.3, 0.4) is 0 Å². The Bertz CT molecular complexity index is 309. The Morgan fingerprint density at radius 1 is 1.38 bits per heavy atom. The summed E-state index contributed by atoms with van der Waals surface area (Å²) >= 11 is 1.38. The van der Waals surface area contributed by atoms with Crippen LogP contribution in [0.1, 0.15) is 9.67 Å². The van der Waals surface area contributed by atoms with Gasteiger partial charge in [-0.25, -0.2) is 4.98 Å². The molecule has 1 aromatic heterocycles. The number of ether oxygens (including phenoxy) is 2. The number of aldehydes is 1. The van der Waals surface area contributed by atoms with Crippen LogP contribution in [-0.2, 0) is 9.47 Å². The number of rotatable bonds is 8. The summed E-state index contributed by atoms with van der Waals surface area (Å²) in [6.45, 7) is 2.73. The van der Waals surface area contributed by atoms with Crippen LogP contribution >= 0.6 is 11.3 Å². The standard InChI is InChI=1S/C10H16N2O3S/c1-14-5-3-12(4-6-15-2)10-11-7-9(8-13)16-10/h7-8H,3-6H2,1-2H3. The van der Waals surface area contributed by atoms with E-state index in [0.29, 0.717) is 18.1 Å². The summed E-state index contributed by atoms with van der Waals surface area (Å²) in [4.78, 5) is 17.4. The van der Waals surface area contributed by atoms with E-state index in [1.165, 1.54) is 11.3 Å². The summed E-state index contributed by atoms with van der Waals surface area (Å²) < 4.78 is 10.1. The smallest absolute Gasteiger partial charge is 0.186 e. The van der Waals surface area contributed by atoms with Crippen LogP contribution in [0, 0.1) is 0 Å². The first-order valence-electron chi connectivity index (χ1n) is 4.95. The Balaban J connectivity index is 2.62. The average molecular weight is 244 g/mol. The fraction of sp³-hybridized carbons (Fsp3) is 0.600. The minimum Gasteiger partial charge on any atom is -0.383 e. The molecule has 0 amide bonds. The zero-order chi connectivity index (χ0) is 11.8. The molecule has 0 aromatic carbocycles. The van der Waals surface area contributed by atoms with Crippen molar-refractivity contribution in [2.75, 3.05) is 45.4 Å². The molecule has 0 fully saturated rings. The van der Waals surface area contributed by atoms with Crippen molar-refractivity contribution in [2.45, 2.75) is 0 Å². The first kappa shape index (κ1) is 13.1. The molecule has 1 aromatic rings. The quantitative estimate of drug-likeness (QED) is 0.640. The second-order valence-corrected chi connectivity index (χ2v) is 4.18. The SMILES string of the molecule is COCCN(CCOC)c1ncc(C=O)s1. The van der Waals surface area contributed by atoms with E-state index < -0.39 is 0 Å². The van der Waals surface area contributed by atoms with Gasteiger partial charge in [-0.2, -0.15) is 0 Å². The predicted octanol–water partition coefficient (Wildman–Crippen LogP) is 1.05. The molecule has 0 bridgehead atoms. The van der Waals surface area contributed by atoms with Gasteiger partial charge in [-0.1, -0.05) is 11.3 Å². The normalized spacial score (nSPS) is 10.4. The van der Waals surface area contributed by atoms with Crippen LogP contribution in [0.4, 0.5) is 5.13 Å². The largest absolute Gasteiger partial charge is 0.383 e. The van der Waals surface area contributed by atoms with Crippen LogP contribution in [0.5, 0.6) is 0 Å². The Morgan fingerprint density at radius 2 is 2.00 bits per heavy atom. The maximum absolute atomic E-state index is 10.6. The number of hydrogen-bond acceptors (Lipinski definition) is 6. The molecule has 0 radical (unpaired) electrons. The highest BCUT2D eigenvalue weighted by Gasteiger charge is 2.10. The van der Waals surface area contributed by atoms with Gasteiger partial charge in [0.05, 0.1) is 24.3 Å². The van der Waals surface area contributed by atoms with E-state index in [-0.39, 0.29) is 0 Å². The Hall–Kier alpha value is -0.980. The number of methoxy groups -OCH3 is 2. The molecule has 0 aliphatic carbocycles. The molecule has 0 N–H and O–H groups in total. The first-order chi connectivity index (χ1) is 7.81. The molecular weight excluding hydrogens is 228 g/mol. The molecule has 0 spiro atoms. The van der Waals surface area contributed by atoms with E-state index in [9.17, 15) is 4.79 Å². The molecule has 0 atom stereocenters. The molecule has 0 unspecified atom stereocenters. The topological polar surface area (TPSA) is 51.7 Å². The highest BCUT2D eigenvalue weighted by molar-refractivity contribution is 7.17. The maximum Gasteiger partial charge on any atom is 0.186 e. The van der Waals surface area contributed by atoms with Crippen LogP contribution in [0.25, 0.3) is 0 Å². The fourth-order valence-electron chi connectivity index (χ4n) is 1.18. The Labute approximate surface area is 99.0 Å². The number of carbonyl (C=O) groups excluding carboxylic acids is 1. The molecule has 16 heavy (non-hydrogen) atoms. The lowest BCUT2D eigenvalue weighted by Gasteiger charge is -2.20. The van der Waals surface area contributed by atoms with Crippen molar-refractivity contribution in [3.63, 3.8) is 0 Å². The van der Waals surface area contributed by atoms with Crippen molar-refractivity contribution >= 4 is 22.8 Å². The molecule has 0 aliphatic rings. The van der Waals surface area contributed by atoms with Gasteiger partial charge in [0.15, 0.2) is 11.4 Å². The van der Waals surface area contributed by atoms with Crippen molar-refractivity contribution in [3.8, 4) is 0 Å². The zero-order valence-corrected chi connectivity index (χ0v) is 10.3. The van der Waals surface area contributed by atoms with Crippen LogP contribution < -0.4 is 4.90 Å². The van der Waals surface area contributed by atoms with Crippen molar-refractivity contribution in [2.24, 2.45) is 0 Å². The zero-order valence-electron chi connectivity index (χ0n) is 9.51. The fourth-order valence-corrected chi connectivity index (χ4v) is 1.97. The van der Waals surface area contributed by atoms with Gasteiger partial charge in [-0.3, -0.25) is 4.79 Å². The van der Waals surface area contributed by atoms with E-state index in [4.69, 9.17) is 9.47 Å². The minimum absolute atomic E-state index is 0.625. The number of hydrogen-bond donors (Lipinski definition) is 0. The monoisotopic (exact) mass is 244 g/mol. The van der Waals surface area contributed by atoms with E-state index >= 15 is 0 Å². The van der Waals surface area contributed by atoms with Crippen molar-refractivity contribution in [3.05, 3.63) is 11.1 Å². The number of aromatic nitrogens is 1. The van der Waals surface area contributed by atoms with E-state index in [1.54, 1.807) is 20.4 Å². The van der Waals surface area contributed by atoms with Crippen LogP contribution in [0.2, 0.25) is 0 Å². The second kappa shape index (κ2) is 7.32. The molecule has 1 rings (SSSR count). The van der Waals surface area contributed by atoms with Gasteiger partial charge < -0.3 is 14.4 Å². The summed E-state index contributed by atoms with van der Waals surface area (Å²) in [5, 5.41) is 0.830. The number of nitrogens with zero attached hydrogens (tertiary/aromatic N) is 2. The molecule has 6 heteroatoms. The number of carbonyl (C=O) groups is 1. The molecule has 5 nitrogen and oxygen atoms in total. The lowest BCUT2D eigenvalue weighted by atomic mass is 10.5. The molecule has 0 aliphatic heterocycles. The Kier molecular flexibility index (Phi) is 5.99. The summed E-state index contributed by atoms with van der Waals surface area (Å²) in [5.74, 6) is 0. The van der Waals surface area contributed by atoms with Gasteiger partial charge in [0.2, 0.25) is 0 Å². The van der Waals surface area contributed by atoms with Gasteiger partial charge in [0.25, 0.3) is 0 Å². The van der Waals surface area contributed by atoms with Gasteiger partial charge >= 0.3 is 0 Å². The maximum atomic E-state index is 10.6. The summed E-state index contributed by atoms with van der Waals surface area (Å²) in [6.07, 6.45) is 2.39. The lowest BCUT2D eigenvalue weighted by molar-refractivity contribution is 0.112. The third kappa shape index (κ3) is 3.88. The van der Waals surface area contributed by atoms with Crippen molar-refractivity contribution < 1.29 is 14.3 Å². The van der Waals surface area contributed by atoms with Crippen molar-refractivity contribution in [1.82, 2.24) is 4.98 Å². The van der Waals surface area contributed by atoms with Crippen molar-refractivity contribution in [1.29, 1.82) is 0 Å². The van der Waals surface area contributed by atoms with Gasteiger partial charge in [-0.15, -0.1) is 0 Å². The van der Waals surface area contributed by atoms with Crippen LogP contribution in [0.15, 0.2) is 6.20 Å². The third-order valence-electron chi connectivity index (χ3n) is 2.03. The minimum atomic E-state index is 0.625. The molecule has 0 saturated heterocycles. The van der Waals surface area contributed by atoms with Crippen LogP contribution in [-0.4, -0.2) is 51.8 Å². The highest BCUT2D eigenvalue weighted by atomic mass is 32.1. The molecular formula is C10H16N2O3S. The molecule has 90 valence electrons. The highest BCUT2D eigenvalue weighted by Crippen LogP contribution is 2.20. The number of thiazole rings is 1. The molecule has 0 saturated carbocycles. The summed E-state index contributed by atoms with van der Waals surface area (Å²) in [5.41, 5.74) is 0. The van der Waals surface area contributed by atoms with E-state index in [0.717, 1.165) is 24.5 Å². The number of anilines is 1. The van der Waals surface area contributed by atoms with Gasteiger partial charge in [-0.05, 0) is 0 Å². The molecule has 1 heterocycles. The van der Waals surface area contributed by atoms with Gasteiger partial charge in [0, 0.05) is 27.3 Å². The average Bonchev–Trinajstić information content (AvgIpc) is 2.78. The summed E-state index contributed by atoms with van der Waals surface area (Å²) in [6, 6.07) is 0. The first-order valence-corrected chi connectivity index (χ1v) is 5.77. The summed E-state index contributed by atoms with van der Waals surface area (Å²) in [7, 11) is 3.32. The van der Waals surface area contributed by atoms with E-state index in [1.807, 2.05) is 4.90 Å².